The molecule has 1 aromatic carbocycles. The van der Waals surface area contributed by atoms with E-state index in [0.717, 1.165) is 67.9 Å². The van der Waals surface area contributed by atoms with Crippen LogP contribution in [0.4, 0.5) is 0 Å². The number of rotatable bonds is 3. The predicted molar refractivity (Wildman–Crippen MR) is 109 cm³/mol. The maximum absolute atomic E-state index is 13.0. The van der Waals surface area contributed by atoms with E-state index in [1.807, 2.05) is 11.0 Å². The average molecular weight is 399 g/mol. The molecular weight excluding hydrogens is 372 g/mol. The molecule has 2 aliphatic heterocycles. The number of benzene rings is 1. The summed E-state index contributed by atoms with van der Waals surface area (Å²) in [6.07, 6.45) is 3.51. The molecule has 0 bridgehead atoms. The summed E-state index contributed by atoms with van der Waals surface area (Å²) in [5.74, 6) is 2.62. The fraction of sp³-hybridized carbons (Fsp3) is 0.500. The van der Waals surface area contributed by atoms with Crippen molar-refractivity contribution in [3.63, 3.8) is 0 Å². The number of carbonyl (C=O) groups excluding carboxylic acids is 1. The van der Waals surface area contributed by atoms with E-state index >= 15 is 0 Å². The van der Waals surface area contributed by atoms with E-state index in [1.165, 1.54) is 22.4 Å². The number of nitrogens with zero attached hydrogens (tertiary/aromatic N) is 2. The quantitative estimate of drug-likeness (QED) is 0.793. The zero-order valence-electron chi connectivity index (χ0n) is 16.3. The number of piperazine rings is 1. The molecule has 5 nitrogen and oxygen atoms in total. The minimum absolute atomic E-state index is 0.217. The lowest BCUT2D eigenvalue weighted by Crippen LogP contribution is -2.48. The average Bonchev–Trinajstić information content (AvgIpc) is 3.34. The molecule has 148 valence electrons. The molecule has 1 unspecified atom stereocenters. The second-order valence-electron chi connectivity index (χ2n) is 8.16. The summed E-state index contributed by atoms with van der Waals surface area (Å²) in [4.78, 5) is 19.8. The van der Waals surface area contributed by atoms with Gasteiger partial charge in [-0.3, -0.25) is 9.69 Å². The van der Waals surface area contributed by atoms with Gasteiger partial charge in [-0.1, -0.05) is 13.0 Å². The van der Waals surface area contributed by atoms with E-state index in [0.29, 0.717) is 6.79 Å². The third kappa shape index (κ3) is 3.51. The summed E-state index contributed by atoms with van der Waals surface area (Å²) in [6, 6.07) is 8.31. The molecule has 1 aromatic heterocycles. The SMILES string of the molecule is CC1CCc2sc(C(=O)N3CCN(Cc4ccc5c(c4)OCO5)CC3)cc2C1. The van der Waals surface area contributed by atoms with Gasteiger partial charge < -0.3 is 14.4 Å². The third-order valence-electron chi connectivity index (χ3n) is 6.04. The summed E-state index contributed by atoms with van der Waals surface area (Å²) in [7, 11) is 0. The van der Waals surface area contributed by atoms with Gasteiger partial charge in [0.2, 0.25) is 6.79 Å². The maximum atomic E-state index is 13.0. The van der Waals surface area contributed by atoms with Crippen molar-refractivity contribution in [2.75, 3.05) is 33.0 Å². The van der Waals surface area contributed by atoms with Gasteiger partial charge in [0.1, 0.15) is 0 Å². The number of fused-ring (bicyclic) bond motifs is 2. The van der Waals surface area contributed by atoms with E-state index in [4.69, 9.17) is 9.47 Å². The molecule has 1 saturated heterocycles. The van der Waals surface area contributed by atoms with Crippen molar-refractivity contribution in [3.8, 4) is 11.5 Å². The van der Waals surface area contributed by atoms with Crippen LogP contribution in [-0.2, 0) is 19.4 Å². The number of aryl methyl sites for hydroxylation is 1. The minimum atomic E-state index is 0.217. The molecule has 5 rings (SSSR count). The highest BCUT2D eigenvalue weighted by molar-refractivity contribution is 7.14. The Labute approximate surface area is 169 Å². The predicted octanol–water partition coefficient (Wildman–Crippen LogP) is 3.56. The van der Waals surface area contributed by atoms with Gasteiger partial charge in [-0.2, -0.15) is 0 Å². The van der Waals surface area contributed by atoms with Crippen LogP contribution >= 0.6 is 11.3 Å². The molecule has 1 amide bonds. The molecule has 0 saturated carbocycles. The standard InChI is InChI=1S/C22H26N2O3S/c1-15-2-5-20-17(10-15)12-21(28-20)22(25)24-8-6-23(7-9-24)13-16-3-4-18-19(11-16)27-14-26-18/h3-4,11-12,15H,2,5-10,13-14H2,1H3. The Morgan fingerprint density at radius 1 is 1.14 bits per heavy atom. The van der Waals surface area contributed by atoms with Crippen LogP contribution in [0.1, 0.15) is 39.0 Å². The van der Waals surface area contributed by atoms with E-state index in [2.05, 4.69) is 30.0 Å². The Balaban J connectivity index is 1.18. The van der Waals surface area contributed by atoms with Crippen molar-refractivity contribution >= 4 is 17.2 Å². The second-order valence-corrected chi connectivity index (χ2v) is 9.30. The van der Waals surface area contributed by atoms with Crippen LogP contribution in [0.3, 0.4) is 0 Å². The van der Waals surface area contributed by atoms with E-state index in [9.17, 15) is 4.79 Å². The van der Waals surface area contributed by atoms with Gasteiger partial charge >= 0.3 is 0 Å². The first-order chi connectivity index (χ1) is 13.7. The summed E-state index contributed by atoms with van der Waals surface area (Å²) in [6.45, 7) is 6.89. The molecule has 1 fully saturated rings. The van der Waals surface area contributed by atoms with Crippen molar-refractivity contribution in [2.45, 2.75) is 32.7 Å². The van der Waals surface area contributed by atoms with Gasteiger partial charge in [0, 0.05) is 37.6 Å². The first-order valence-electron chi connectivity index (χ1n) is 10.2. The lowest BCUT2D eigenvalue weighted by atomic mass is 9.90. The Hall–Kier alpha value is -2.05. The molecule has 0 radical (unpaired) electrons. The lowest BCUT2D eigenvalue weighted by Gasteiger charge is -2.34. The first-order valence-corrected chi connectivity index (χ1v) is 11.0. The number of thiophene rings is 1. The van der Waals surface area contributed by atoms with Gasteiger partial charge in [-0.15, -0.1) is 11.3 Å². The number of amides is 1. The second kappa shape index (κ2) is 7.41. The largest absolute Gasteiger partial charge is 0.454 e. The van der Waals surface area contributed by atoms with E-state index < -0.39 is 0 Å². The van der Waals surface area contributed by atoms with Crippen LogP contribution in [0.2, 0.25) is 0 Å². The molecule has 6 heteroatoms. The summed E-state index contributed by atoms with van der Waals surface area (Å²) in [5, 5.41) is 0. The Bertz CT molecular complexity index is 886. The lowest BCUT2D eigenvalue weighted by molar-refractivity contribution is 0.0633. The zero-order chi connectivity index (χ0) is 19.1. The summed E-state index contributed by atoms with van der Waals surface area (Å²) in [5.41, 5.74) is 2.64. The highest BCUT2D eigenvalue weighted by atomic mass is 32.1. The highest BCUT2D eigenvalue weighted by Crippen LogP contribution is 2.34. The fourth-order valence-electron chi connectivity index (χ4n) is 4.37. The summed E-state index contributed by atoms with van der Waals surface area (Å²) >= 11 is 1.72. The molecule has 0 spiro atoms. The molecular formula is C22H26N2O3S. The van der Waals surface area contributed by atoms with Gasteiger partial charge in [0.05, 0.1) is 4.88 Å². The van der Waals surface area contributed by atoms with Gasteiger partial charge in [-0.25, -0.2) is 0 Å². The normalized spacial score (nSPS) is 21.6. The fourth-order valence-corrected chi connectivity index (χ4v) is 5.55. The molecule has 1 aliphatic carbocycles. The molecule has 0 N–H and O–H groups in total. The van der Waals surface area contributed by atoms with Crippen LogP contribution in [-0.4, -0.2) is 48.7 Å². The Morgan fingerprint density at radius 2 is 1.96 bits per heavy atom. The molecule has 28 heavy (non-hydrogen) atoms. The number of hydrogen-bond donors (Lipinski definition) is 0. The van der Waals surface area contributed by atoms with Gasteiger partial charge in [0.25, 0.3) is 5.91 Å². The molecule has 2 aromatic rings. The summed E-state index contributed by atoms with van der Waals surface area (Å²) < 4.78 is 10.9. The Morgan fingerprint density at radius 3 is 2.82 bits per heavy atom. The van der Waals surface area contributed by atoms with Crippen LogP contribution < -0.4 is 9.47 Å². The third-order valence-corrected chi connectivity index (χ3v) is 7.27. The molecule has 3 heterocycles. The smallest absolute Gasteiger partial charge is 0.264 e. The zero-order valence-corrected chi connectivity index (χ0v) is 17.1. The molecule has 1 atom stereocenters. The van der Waals surface area contributed by atoms with Crippen LogP contribution in [0, 0.1) is 5.92 Å². The van der Waals surface area contributed by atoms with Crippen molar-refractivity contribution in [1.29, 1.82) is 0 Å². The van der Waals surface area contributed by atoms with Crippen molar-refractivity contribution < 1.29 is 14.3 Å². The topological polar surface area (TPSA) is 42.0 Å². The number of hydrogen-bond acceptors (Lipinski definition) is 5. The van der Waals surface area contributed by atoms with Crippen molar-refractivity contribution in [3.05, 3.63) is 45.1 Å². The first kappa shape index (κ1) is 18.0. The number of carbonyl (C=O) groups is 1. The van der Waals surface area contributed by atoms with Crippen LogP contribution in [0.25, 0.3) is 0 Å². The monoisotopic (exact) mass is 398 g/mol. The highest BCUT2D eigenvalue weighted by Gasteiger charge is 2.26. The van der Waals surface area contributed by atoms with Gasteiger partial charge in [0.15, 0.2) is 11.5 Å². The maximum Gasteiger partial charge on any atom is 0.264 e. The molecule has 3 aliphatic rings. The van der Waals surface area contributed by atoms with Crippen molar-refractivity contribution in [1.82, 2.24) is 9.80 Å². The van der Waals surface area contributed by atoms with Gasteiger partial charge in [-0.05, 0) is 54.5 Å². The Kier molecular flexibility index (Phi) is 4.77. The van der Waals surface area contributed by atoms with Crippen molar-refractivity contribution in [2.24, 2.45) is 5.92 Å². The van der Waals surface area contributed by atoms with Crippen LogP contribution in [0.5, 0.6) is 11.5 Å². The number of ether oxygens (including phenoxy) is 2. The minimum Gasteiger partial charge on any atom is -0.454 e. The van der Waals surface area contributed by atoms with E-state index in [-0.39, 0.29) is 5.91 Å². The van der Waals surface area contributed by atoms with Crippen LogP contribution in [0.15, 0.2) is 24.3 Å². The van der Waals surface area contributed by atoms with E-state index in [1.54, 1.807) is 11.3 Å².